The van der Waals surface area contributed by atoms with Gasteiger partial charge >= 0.3 is 0 Å². The Morgan fingerprint density at radius 1 is 0.811 bits per heavy atom. The van der Waals surface area contributed by atoms with Crippen molar-refractivity contribution >= 4 is 63.6 Å². The zero-order chi connectivity index (χ0) is 50.8. The smallest absolute Gasteiger partial charge is 0.238 e. The van der Waals surface area contributed by atoms with Gasteiger partial charge in [-0.3, -0.25) is 34.3 Å². The van der Waals surface area contributed by atoms with Gasteiger partial charge in [-0.2, -0.15) is 0 Å². The molecule has 18 heteroatoms. The lowest BCUT2D eigenvalue weighted by molar-refractivity contribution is -0.140. The van der Waals surface area contributed by atoms with Crippen molar-refractivity contribution < 1.29 is 28.4 Å². The van der Waals surface area contributed by atoms with Gasteiger partial charge in [0.15, 0.2) is 11.6 Å². The normalized spacial score (nSPS) is 24.5. The minimum atomic E-state index is -0.766. The fourth-order valence-corrected chi connectivity index (χ4v) is 13.2. The van der Waals surface area contributed by atoms with Gasteiger partial charge < -0.3 is 34.4 Å². The first-order valence-corrected chi connectivity index (χ1v) is 27.0. The molecule has 5 saturated heterocycles. The van der Waals surface area contributed by atoms with Gasteiger partial charge in [-0.15, -0.1) is 0 Å². The predicted octanol–water partition coefficient (Wildman–Crippen LogP) is 6.86. The number of carbonyl (C=O) groups excluding carboxylic acids is 5. The van der Waals surface area contributed by atoms with E-state index in [-0.39, 0.29) is 65.1 Å². The third-order valence-corrected chi connectivity index (χ3v) is 17.5. The van der Waals surface area contributed by atoms with E-state index in [0.29, 0.717) is 107 Å². The number of benzene rings is 1. The lowest BCUT2D eigenvalue weighted by atomic mass is 9.73. The third kappa shape index (κ3) is 8.65. The van der Waals surface area contributed by atoms with E-state index in [1.165, 1.54) is 25.5 Å². The summed E-state index contributed by atoms with van der Waals surface area (Å²) in [5, 5.41) is 5.66. The number of aromatic nitrogens is 5. The largest absolute Gasteiger partial charge is 0.357 e. The van der Waals surface area contributed by atoms with Crippen LogP contribution in [0.5, 0.6) is 0 Å². The van der Waals surface area contributed by atoms with E-state index < -0.39 is 11.2 Å². The molecule has 386 valence electrons. The van der Waals surface area contributed by atoms with E-state index in [0.717, 1.165) is 59.6 Å². The molecule has 6 aliphatic heterocycles. The predicted molar refractivity (Wildman–Crippen MR) is 277 cm³/mol. The van der Waals surface area contributed by atoms with Crippen molar-refractivity contribution in [2.45, 2.75) is 120 Å². The zero-order valence-corrected chi connectivity index (χ0v) is 42.3. The van der Waals surface area contributed by atoms with E-state index >= 15 is 9.18 Å². The van der Waals surface area contributed by atoms with Crippen LogP contribution in [0.4, 0.5) is 27.4 Å². The van der Waals surface area contributed by atoms with Crippen LogP contribution in [0.25, 0.3) is 22.3 Å². The molecule has 10 heterocycles. The molecule has 5 aromatic rings. The second kappa shape index (κ2) is 19.5. The average molecular weight is 1010 g/mol. The Balaban J connectivity index is 0.729. The minimum Gasteiger partial charge on any atom is -0.357 e. The number of piperidine rings is 4. The summed E-state index contributed by atoms with van der Waals surface area (Å²) in [5.74, 6) is -0.226. The molecule has 1 spiro atoms. The SMILES string of the molecule is CC(C)n1cnc2cc(-c3ccc4c(c3)N([C@H]3C[C@@H](N5CCCCC5)C3)C(=O)C43CCN(C(=O)[C@H]4CCN(C(=O)C5CCN(c6ccc(C7CCC(=O)NC7=O)cn6)CC5)C4)CC3)nc(Nc3ccncc3F)c21. The summed E-state index contributed by atoms with van der Waals surface area (Å²) in [6, 6.07) is 14.3. The topological polar surface area (TPSA) is 182 Å². The lowest BCUT2D eigenvalue weighted by Crippen LogP contribution is -2.58. The van der Waals surface area contributed by atoms with Crippen LogP contribution >= 0.6 is 0 Å². The maximum atomic E-state index is 15.3. The molecule has 12 rings (SSSR count). The van der Waals surface area contributed by atoms with Crippen LogP contribution in [0.1, 0.15) is 114 Å². The Kier molecular flexibility index (Phi) is 12.7. The number of imidazole rings is 1. The second-order valence-electron chi connectivity index (χ2n) is 22.1. The van der Waals surface area contributed by atoms with Crippen molar-refractivity contribution in [3.05, 3.63) is 84.3 Å². The Morgan fingerprint density at radius 2 is 1.58 bits per heavy atom. The van der Waals surface area contributed by atoms with E-state index in [4.69, 9.17) is 9.97 Å². The maximum Gasteiger partial charge on any atom is 0.238 e. The van der Waals surface area contributed by atoms with E-state index in [9.17, 15) is 19.2 Å². The molecule has 0 radical (unpaired) electrons. The number of hydrogen-bond acceptors (Lipinski definition) is 12. The van der Waals surface area contributed by atoms with Gasteiger partial charge in [0.1, 0.15) is 11.3 Å². The van der Waals surface area contributed by atoms with E-state index in [1.807, 2.05) is 38.6 Å². The quantitative estimate of drug-likeness (QED) is 0.139. The summed E-state index contributed by atoms with van der Waals surface area (Å²) < 4.78 is 17.1. The molecule has 1 unspecified atom stereocenters. The number of carbonyl (C=O) groups is 5. The number of amides is 5. The molecular formula is C56H65FN12O5. The molecule has 1 aliphatic carbocycles. The number of pyridine rings is 3. The fraction of sp³-hybridized carbons (Fsp3) is 0.518. The van der Waals surface area contributed by atoms with Gasteiger partial charge in [-0.1, -0.05) is 24.6 Å². The summed E-state index contributed by atoms with van der Waals surface area (Å²) in [4.78, 5) is 96.8. The first-order chi connectivity index (χ1) is 35.9. The van der Waals surface area contributed by atoms with E-state index in [1.54, 1.807) is 24.8 Å². The molecule has 1 saturated carbocycles. The number of fused-ring (bicyclic) bond motifs is 3. The number of anilines is 4. The highest BCUT2D eigenvalue weighted by Crippen LogP contribution is 2.52. The molecule has 74 heavy (non-hydrogen) atoms. The van der Waals surface area contributed by atoms with Crippen LogP contribution < -0.4 is 20.4 Å². The number of rotatable bonds is 10. The minimum absolute atomic E-state index is 0.0653. The summed E-state index contributed by atoms with van der Waals surface area (Å²) in [7, 11) is 0. The number of halogens is 1. The van der Waals surface area contributed by atoms with Crippen LogP contribution in [0.15, 0.2) is 67.4 Å². The van der Waals surface area contributed by atoms with Crippen molar-refractivity contribution in [2.24, 2.45) is 11.8 Å². The van der Waals surface area contributed by atoms with Gasteiger partial charge in [-0.05, 0) is 127 Å². The Hall–Kier alpha value is -6.82. The van der Waals surface area contributed by atoms with Crippen molar-refractivity contribution in [1.29, 1.82) is 0 Å². The number of nitrogens with one attached hydrogen (secondary N) is 2. The molecule has 0 bridgehead atoms. The van der Waals surface area contributed by atoms with Gasteiger partial charge in [-0.25, -0.2) is 19.3 Å². The standard InChI is InChI=1S/C56H65FN12O5/c1-34(2)68-33-60-46-29-45(62-51(50(46)68)61-44-12-18-58-31-43(44)57)36-6-9-42-47(26-36)69(40-27-39(28-40)64-19-4-3-5-20-64)55(74)56(42)16-24-66(25-17-56)54(73)38-15-23-67(32-38)53(72)35-13-21-65(22-14-35)48-10-7-37(30-59-48)41-8-11-49(70)63-52(41)71/h6-7,9-10,12,18,26,29-31,33-35,38-41H,3-5,8,11,13-17,19-25,27-28,32H2,1-2H3,(H,58,61,62)(H,63,70,71)/t38-,39-,40+,41?/m0/s1. The summed E-state index contributed by atoms with van der Waals surface area (Å²) in [6.07, 6.45) is 15.6. The number of imide groups is 1. The van der Waals surface area contributed by atoms with Crippen molar-refractivity contribution in [1.82, 2.24) is 44.5 Å². The molecule has 6 fully saturated rings. The highest BCUT2D eigenvalue weighted by atomic mass is 19.1. The highest BCUT2D eigenvalue weighted by molar-refractivity contribution is 6.09. The fourth-order valence-electron chi connectivity index (χ4n) is 13.2. The number of nitrogens with zero attached hydrogens (tertiary/aromatic N) is 10. The lowest BCUT2D eigenvalue weighted by Gasteiger charge is -2.48. The number of likely N-dealkylation sites (tertiary alicyclic amines) is 3. The highest BCUT2D eigenvalue weighted by Gasteiger charge is 2.56. The van der Waals surface area contributed by atoms with Crippen LogP contribution in [0.2, 0.25) is 0 Å². The van der Waals surface area contributed by atoms with Crippen molar-refractivity contribution in [3.8, 4) is 11.3 Å². The maximum absolute atomic E-state index is 15.3. The van der Waals surface area contributed by atoms with Gasteiger partial charge in [0.05, 0.1) is 46.7 Å². The summed E-state index contributed by atoms with van der Waals surface area (Å²) in [5.41, 5.74) is 5.16. The molecule has 7 aliphatic rings. The van der Waals surface area contributed by atoms with Gasteiger partial charge in [0.25, 0.3) is 0 Å². The molecule has 4 aromatic heterocycles. The first-order valence-electron chi connectivity index (χ1n) is 27.0. The van der Waals surface area contributed by atoms with Crippen LogP contribution in [0.3, 0.4) is 0 Å². The van der Waals surface area contributed by atoms with Gasteiger partial charge in [0.2, 0.25) is 29.5 Å². The van der Waals surface area contributed by atoms with Gasteiger partial charge in [0, 0.05) is 93.4 Å². The molecular weight excluding hydrogens is 940 g/mol. The van der Waals surface area contributed by atoms with Crippen LogP contribution in [0, 0.1) is 17.7 Å². The second-order valence-corrected chi connectivity index (χ2v) is 22.1. The average Bonchev–Trinajstić information content (AvgIpc) is 4.14. The van der Waals surface area contributed by atoms with Crippen molar-refractivity contribution in [2.75, 3.05) is 67.5 Å². The first kappa shape index (κ1) is 48.1. The molecule has 5 amide bonds. The molecule has 2 atom stereocenters. The zero-order valence-electron chi connectivity index (χ0n) is 42.3. The Morgan fingerprint density at radius 3 is 2.31 bits per heavy atom. The Bertz CT molecular complexity index is 3010. The summed E-state index contributed by atoms with van der Waals surface area (Å²) in [6.45, 7) is 9.60. The third-order valence-electron chi connectivity index (χ3n) is 17.5. The van der Waals surface area contributed by atoms with Crippen LogP contribution in [-0.4, -0.2) is 133 Å². The Labute approximate surface area is 430 Å². The summed E-state index contributed by atoms with van der Waals surface area (Å²) >= 11 is 0. The molecule has 17 nitrogen and oxygen atoms in total. The molecule has 2 N–H and O–H groups in total. The monoisotopic (exact) mass is 1000 g/mol. The van der Waals surface area contributed by atoms with Crippen LogP contribution in [-0.2, 0) is 29.4 Å². The van der Waals surface area contributed by atoms with E-state index in [2.05, 4.69) is 61.3 Å². The van der Waals surface area contributed by atoms with Crippen molar-refractivity contribution in [3.63, 3.8) is 0 Å². The number of hydrogen-bond donors (Lipinski definition) is 2. The molecule has 1 aromatic carbocycles.